The Morgan fingerprint density at radius 2 is 2.15 bits per heavy atom. The molecule has 1 saturated heterocycles. The molecule has 0 radical (unpaired) electrons. The van der Waals surface area contributed by atoms with Crippen LogP contribution >= 0.6 is 0 Å². The number of rotatable bonds is 3. The highest BCUT2D eigenvalue weighted by atomic mass is 16.5. The molecule has 0 aromatic carbocycles. The highest BCUT2D eigenvalue weighted by Crippen LogP contribution is 2.45. The summed E-state index contributed by atoms with van der Waals surface area (Å²) >= 11 is 0. The highest BCUT2D eigenvalue weighted by Gasteiger charge is 2.37. The fourth-order valence-electron chi connectivity index (χ4n) is 4.09. The largest absolute Gasteiger partial charge is 0.370 e. The van der Waals surface area contributed by atoms with Crippen molar-refractivity contribution in [3.05, 3.63) is 34.5 Å². The zero-order valence-electron chi connectivity index (χ0n) is 16.1. The summed E-state index contributed by atoms with van der Waals surface area (Å²) in [7, 11) is 0. The minimum absolute atomic E-state index is 0.234. The van der Waals surface area contributed by atoms with Crippen LogP contribution in [0.15, 0.2) is 12.2 Å². The van der Waals surface area contributed by atoms with Gasteiger partial charge in [-0.15, -0.1) is 0 Å². The van der Waals surface area contributed by atoms with Crippen LogP contribution in [0, 0.1) is 11.3 Å². The van der Waals surface area contributed by atoms with Gasteiger partial charge in [-0.2, -0.15) is 5.26 Å². The lowest BCUT2D eigenvalue weighted by molar-refractivity contribution is -0.0407. The number of hydrogen-bond acceptors (Lipinski definition) is 5. The Bertz CT molecular complexity index is 788. The van der Waals surface area contributed by atoms with Crippen molar-refractivity contribution in [2.24, 2.45) is 0 Å². The van der Waals surface area contributed by atoms with Gasteiger partial charge in [-0.3, -0.25) is 0 Å². The lowest BCUT2D eigenvalue weighted by Crippen LogP contribution is -2.51. The third-order valence-electron chi connectivity index (χ3n) is 5.78. The second-order valence-electron chi connectivity index (χ2n) is 8.56. The number of piperazine rings is 1. The van der Waals surface area contributed by atoms with Gasteiger partial charge >= 0.3 is 0 Å². The average Bonchev–Trinajstić information content (AvgIpc) is 3.44. The third-order valence-corrected chi connectivity index (χ3v) is 5.78. The molecule has 1 N–H and O–H groups in total. The van der Waals surface area contributed by atoms with Crippen LogP contribution in [0.3, 0.4) is 0 Å². The molecule has 26 heavy (non-hydrogen) atoms. The molecule has 0 bridgehead atoms. The number of anilines is 1. The van der Waals surface area contributed by atoms with E-state index in [-0.39, 0.29) is 11.6 Å². The first kappa shape index (κ1) is 17.5. The quantitative estimate of drug-likeness (QED) is 0.847. The van der Waals surface area contributed by atoms with E-state index < -0.39 is 0 Å². The summed E-state index contributed by atoms with van der Waals surface area (Å²) in [5.41, 5.74) is 5.17. The Balaban J connectivity index is 1.81. The van der Waals surface area contributed by atoms with Crippen molar-refractivity contribution >= 4 is 5.82 Å². The van der Waals surface area contributed by atoms with E-state index >= 15 is 0 Å². The maximum absolute atomic E-state index is 10.0. The summed E-state index contributed by atoms with van der Waals surface area (Å²) in [6.07, 6.45) is 3.17. The number of pyridine rings is 1. The number of ether oxygens (including phenoxy) is 1. The van der Waals surface area contributed by atoms with Crippen LogP contribution in [0.2, 0.25) is 0 Å². The summed E-state index contributed by atoms with van der Waals surface area (Å²) in [6, 6.07) is 2.73. The number of fused-ring (bicyclic) bond motifs is 1. The molecule has 0 spiro atoms. The van der Waals surface area contributed by atoms with Gasteiger partial charge in [0, 0.05) is 43.6 Å². The molecule has 2 aliphatic heterocycles. The standard InChI is InChI=1S/C21H28N4O/c1-13(2)18-11-25(8-7-23-18)20-16(10-22)15-9-21(3,4)26-12-17(15)19(24-20)14-5-6-14/h14,18,23H,1,5-9,11-12H2,2-4H3/t18-/m0/s1. The normalized spacial score (nSPS) is 24.7. The van der Waals surface area contributed by atoms with E-state index in [9.17, 15) is 5.26 Å². The van der Waals surface area contributed by atoms with Crippen LogP contribution < -0.4 is 10.2 Å². The summed E-state index contributed by atoms with van der Waals surface area (Å²) in [5, 5.41) is 13.5. The van der Waals surface area contributed by atoms with Gasteiger partial charge in [0.2, 0.25) is 0 Å². The topological polar surface area (TPSA) is 61.2 Å². The SMILES string of the molecule is C=C(C)[C@@H]1CN(c2nc(C3CC3)c3c(c2C#N)CC(C)(C)OC3)CCN1. The van der Waals surface area contributed by atoms with Gasteiger partial charge in [0.1, 0.15) is 11.9 Å². The molecule has 1 atom stereocenters. The molecular weight excluding hydrogens is 324 g/mol. The zero-order valence-corrected chi connectivity index (χ0v) is 16.1. The van der Waals surface area contributed by atoms with Gasteiger partial charge in [-0.05, 0) is 39.2 Å². The van der Waals surface area contributed by atoms with Gasteiger partial charge in [0.15, 0.2) is 0 Å². The Labute approximate surface area is 156 Å². The van der Waals surface area contributed by atoms with E-state index in [4.69, 9.17) is 9.72 Å². The molecule has 1 aliphatic carbocycles. The Morgan fingerprint density at radius 3 is 2.81 bits per heavy atom. The summed E-state index contributed by atoms with van der Waals surface area (Å²) in [6.45, 7) is 13.5. The van der Waals surface area contributed by atoms with Crippen molar-refractivity contribution < 1.29 is 4.74 Å². The predicted octanol–water partition coefficient (Wildman–Crippen LogP) is 3.04. The van der Waals surface area contributed by atoms with Gasteiger partial charge < -0.3 is 15.0 Å². The van der Waals surface area contributed by atoms with Gasteiger partial charge in [-0.1, -0.05) is 12.2 Å². The van der Waals surface area contributed by atoms with Crippen LogP contribution in [0.25, 0.3) is 0 Å². The van der Waals surface area contributed by atoms with Crippen molar-refractivity contribution in [3.8, 4) is 6.07 Å². The molecular formula is C21H28N4O. The summed E-state index contributed by atoms with van der Waals surface area (Å²) in [5.74, 6) is 1.42. The molecule has 5 heteroatoms. The molecule has 4 rings (SSSR count). The molecule has 0 unspecified atom stereocenters. The van der Waals surface area contributed by atoms with Gasteiger partial charge in [0.05, 0.1) is 23.5 Å². The number of hydrogen-bond donors (Lipinski definition) is 1. The summed E-state index contributed by atoms with van der Waals surface area (Å²) in [4.78, 5) is 7.33. The Morgan fingerprint density at radius 1 is 1.38 bits per heavy atom. The molecule has 5 nitrogen and oxygen atoms in total. The van der Waals surface area contributed by atoms with Crippen LogP contribution in [0.4, 0.5) is 5.82 Å². The Hall–Kier alpha value is -1.90. The third kappa shape index (κ3) is 3.13. The van der Waals surface area contributed by atoms with Crippen molar-refractivity contribution in [3.63, 3.8) is 0 Å². The molecule has 1 aromatic heterocycles. The average molecular weight is 352 g/mol. The van der Waals surface area contributed by atoms with Crippen LogP contribution in [-0.2, 0) is 17.8 Å². The van der Waals surface area contributed by atoms with E-state index in [0.717, 1.165) is 43.0 Å². The monoisotopic (exact) mass is 352 g/mol. The van der Waals surface area contributed by atoms with E-state index in [1.54, 1.807) is 0 Å². The predicted molar refractivity (Wildman–Crippen MR) is 102 cm³/mol. The van der Waals surface area contributed by atoms with Crippen molar-refractivity contribution in [1.29, 1.82) is 5.26 Å². The lowest BCUT2D eigenvalue weighted by Gasteiger charge is -2.38. The van der Waals surface area contributed by atoms with E-state index in [0.29, 0.717) is 12.5 Å². The van der Waals surface area contributed by atoms with Gasteiger partial charge in [-0.25, -0.2) is 4.98 Å². The second kappa shape index (κ2) is 6.37. The number of aromatic nitrogens is 1. The second-order valence-corrected chi connectivity index (χ2v) is 8.56. The number of nitrogens with zero attached hydrogens (tertiary/aromatic N) is 3. The molecule has 2 fully saturated rings. The molecule has 3 heterocycles. The molecule has 3 aliphatic rings. The van der Waals surface area contributed by atoms with E-state index in [2.05, 4.69) is 43.6 Å². The van der Waals surface area contributed by atoms with Crippen molar-refractivity contribution in [2.45, 2.75) is 64.2 Å². The fourth-order valence-corrected chi connectivity index (χ4v) is 4.09. The molecule has 138 valence electrons. The minimum atomic E-state index is -0.234. The van der Waals surface area contributed by atoms with Crippen LogP contribution in [-0.4, -0.2) is 36.3 Å². The number of nitriles is 1. The van der Waals surface area contributed by atoms with Crippen molar-refractivity contribution in [2.75, 3.05) is 24.5 Å². The first-order valence-electron chi connectivity index (χ1n) is 9.63. The van der Waals surface area contributed by atoms with E-state index in [1.807, 2.05) is 0 Å². The molecule has 0 amide bonds. The highest BCUT2D eigenvalue weighted by molar-refractivity contribution is 5.63. The maximum atomic E-state index is 10.0. The fraction of sp³-hybridized carbons (Fsp3) is 0.619. The van der Waals surface area contributed by atoms with Gasteiger partial charge in [0.25, 0.3) is 0 Å². The zero-order chi connectivity index (χ0) is 18.5. The molecule has 1 aromatic rings. The Kier molecular flexibility index (Phi) is 4.29. The van der Waals surface area contributed by atoms with Crippen LogP contribution in [0.1, 0.15) is 61.9 Å². The first-order chi connectivity index (χ1) is 12.4. The van der Waals surface area contributed by atoms with E-state index in [1.165, 1.54) is 29.7 Å². The molecule has 1 saturated carbocycles. The first-order valence-corrected chi connectivity index (χ1v) is 9.63. The van der Waals surface area contributed by atoms with Crippen LogP contribution in [0.5, 0.6) is 0 Å². The summed E-state index contributed by atoms with van der Waals surface area (Å²) < 4.78 is 6.06. The maximum Gasteiger partial charge on any atom is 0.147 e. The van der Waals surface area contributed by atoms with Crippen molar-refractivity contribution in [1.82, 2.24) is 10.3 Å². The minimum Gasteiger partial charge on any atom is -0.370 e. The number of nitrogens with one attached hydrogen (secondary N) is 1. The smallest absolute Gasteiger partial charge is 0.147 e. The lowest BCUT2D eigenvalue weighted by atomic mass is 9.87.